The maximum atomic E-state index is 2.53. The maximum absolute atomic E-state index is 2.53. The Bertz CT molecular complexity index is 1810. The average Bonchev–Trinajstić information content (AvgIpc) is 3.59. The second-order valence-corrected chi connectivity index (χ2v) is 14.1. The Morgan fingerprint density at radius 3 is 2.40 bits per heavy atom. The molecular formula is C37H33NS2. The van der Waals surface area contributed by atoms with Crippen LogP contribution >= 0.6 is 23.5 Å². The quantitative estimate of drug-likeness (QED) is 0.316. The summed E-state index contributed by atoms with van der Waals surface area (Å²) in [6.45, 7) is 0. The first-order valence-electron chi connectivity index (χ1n) is 14.7. The zero-order valence-electron chi connectivity index (χ0n) is 22.7. The Morgan fingerprint density at radius 2 is 1.65 bits per heavy atom. The molecule has 1 atom stereocenters. The van der Waals surface area contributed by atoms with Gasteiger partial charge in [0.1, 0.15) is 4.08 Å². The summed E-state index contributed by atoms with van der Waals surface area (Å²) in [5.74, 6) is 0.531. The van der Waals surface area contributed by atoms with Crippen LogP contribution in [0.4, 0.5) is 0 Å². The summed E-state index contributed by atoms with van der Waals surface area (Å²) in [4.78, 5) is 2.78. The largest absolute Gasteiger partial charge is 0.310 e. The van der Waals surface area contributed by atoms with Gasteiger partial charge in [-0.2, -0.15) is 0 Å². The third kappa shape index (κ3) is 4.01. The van der Waals surface area contributed by atoms with Crippen molar-refractivity contribution in [3.8, 4) is 0 Å². The van der Waals surface area contributed by atoms with E-state index in [1.54, 1.807) is 5.57 Å². The molecule has 2 heterocycles. The monoisotopic (exact) mass is 555 g/mol. The molecular weight excluding hydrogens is 523 g/mol. The molecule has 0 saturated heterocycles. The van der Waals surface area contributed by atoms with Gasteiger partial charge < -0.3 is 4.57 Å². The normalized spacial score (nSPS) is 22.6. The van der Waals surface area contributed by atoms with Crippen molar-refractivity contribution in [2.24, 2.45) is 5.92 Å². The minimum Gasteiger partial charge on any atom is -0.310 e. The molecule has 1 aliphatic heterocycles. The summed E-state index contributed by atoms with van der Waals surface area (Å²) < 4.78 is 2.38. The second kappa shape index (κ2) is 10.0. The zero-order valence-corrected chi connectivity index (χ0v) is 24.3. The Morgan fingerprint density at radius 1 is 0.800 bits per heavy atom. The minimum absolute atomic E-state index is 0.151. The molecule has 0 amide bonds. The summed E-state index contributed by atoms with van der Waals surface area (Å²) in [5, 5.41) is 4.17. The number of nitrogens with zero attached hydrogens (tertiary/aromatic N) is 1. The summed E-state index contributed by atoms with van der Waals surface area (Å²) >= 11 is 4.05. The molecule has 198 valence electrons. The number of allylic oxidation sites excluding steroid dienone is 11. The molecule has 2 aromatic carbocycles. The van der Waals surface area contributed by atoms with Crippen LogP contribution in [0.2, 0.25) is 0 Å². The lowest BCUT2D eigenvalue weighted by molar-refractivity contribution is 0.710. The number of aromatic nitrogens is 1. The van der Waals surface area contributed by atoms with Crippen LogP contribution in [0.3, 0.4) is 0 Å². The summed E-state index contributed by atoms with van der Waals surface area (Å²) in [7, 11) is 0. The van der Waals surface area contributed by atoms with E-state index in [1.165, 1.54) is 60.9 Å². The van der Waals surface area contributed by atoms with E-state index < -0.39 is 0 Å². The molecule has 1 aromatic heterocycles. The van der Waals surface area contributed by atoms with Crippen LogP contribution in [0.1, 0.15) is 50.5 Å². The van der Waals surface area contributed by atoms with Crippen molar-refractivity contribution in [1.82, 2.24) is 4.57 Å². The highest BCUT2D eigenvalue weighted by atomic mass is 32.2. The van der Waals surface area contributed by atoms with Crippen molar-refractivity contribution in [3.63, 3.8) is 0 Å². The molecule has 3 heteroatoms. The Hall–Kier alpha value is -3.14. The van der Waals surface area contributed by atoms with E-state index in [4.69, 9.17) is 0 Å². The summed E-state index contributed by atoms with van der Waals surface area (Å²) in [5.41, 5.74) is 7.05. The molecule has 0 bridgehead atoms. The van der Waals surface area contributed by atoms with Crippen molar-refractivity contribution in [2.75, 3.05) is 0 Å². The predicted molar refractivity (Wildman–Crippen MR) is 174 cm³/mol. The average molecular weight is 556 g/mol. The number of rotatable bonds is 4. The van der Waals surface area contributed by atoms with Crippen molar-refractivity contribution in [3.05, 3.63) is 124 Å². The van der Waals surface area contributed by atoms with Crippen LogP contribution in [0.15, 0.2) is 118 Å². The Labute approximate surface area is 245 Å². The first-order chi connectivity index (χ1) is 19.8. The van der Waals surface area contributed by atoms with Gasteiger partial charge in [-0.3, -0.25) is 0 Å². The SMILES string of the molecule is C1=CCCC(C2C=CC(n3c4c(c5cc(C6(C7=CCCC=C7)Sc7ccccc7S6)ccc53)=CCCC=4)=CC2)=C1. The van der Waals surface area contributed by atoms with Gasteiger partial charge in [0.2, 0.25) is 0 Å². The van der Waals surface area contributed by atoms with Crippen LogP contribution < -0.4 is 10.6 Å². The minimum atomic E-state index is -0.151. The van der Waals surface area contributed by atoms with E-state index in [1.807, 2.05) is 23.5 Å². The number of fused-ring (bicyclic) bond motifs is 4. The molecule has 5 aliphatic rings. The van der Waals surface area contributed by atoms with Gasteiger partial charge in [0.25, 0.3) is 0 Å². The highest BCUT2D eigenvalue weighted by molar-refractivity contribution is 8.20. The maximum Gasteiger partial charge on any atom is 0.120 e. The highest BCUT2D eigenvalue weighted by Crippen LogP contribution is 2.65. The Balaban J connectivity index is 1.25. The lowest BCUT2D eigenvalue weighted by Crippen LogP contribution is -2.30. The van der Waals surface area contributed by atoms with Crippen molar-refractivity contribution in [2.45, 2.75) is 58.8 Å². The molecule has 1 unspecified atom stereocenters. The molecule has 8 rings (SSSR count). The molecule has 3 aromatic rings. The van der Waals surface area contributed by atoms with Gasteiger partial charge in [-0.25, -0.2) is 0 Å². The third-order valence-corrected chi connectivity index (χ3v) is 12.2. The highest BCUT2D eigenvalue weighted by Gasteiger charge is 2.43. The predicted octanol–water partition coefficient (Wildman–Crippen LogP) is 9.02. The number of hydrogen-bond acceptors (Lipinski definition) is 2. The van der Waals surface area contributed by atoms with Crippen LogP contribution in [0.25, 0.3) is 28.8 Å². The smallest absolute Gasteiger partial charge is 0.120 e. The van der Waals surface area contributed by atoms with Crippen molar-refractivity contribution in [1.29, 1.82) is 0 Å². The number of thioether (sulfide) groups is 2. The number of benzene rings is 2. The van der Waals surface area contributed by atoms with E-state index >= 15 is 0 Å². The van der Waals surface area contributed by atoms with E-state index in [0.29, 0.717) is 5.92 Å². The lowest BCUT2D eigenvalue weighted by Gasteiger charge is -2.31. The fourth-order valence-electron chi connectivity index (χ4n) is 6.87. The zero-order chi connectivity index (χ0) is 26.5. The van der Waals surface area contributed by atoms with Crippen LogP contribution in [-0.4, -0.2) is 4.57 Å². The molecule has 0 fully saturated rings. The van der Waals surface area contributed by atoms with E-state index in [0.717, 1.165) is 32.1 Å². The molecule has 0 N–H and O–H groups in total. The molecule has 0 spiro atoms. The van der Waals surface area contributed by atoms with Gasteiger partial charge in [0.15, 0.2) is 0 Å². The fraction of sp³-hybridized carbons (Fsp3) is 0.243. The Kier molecular flexibility index (Phi) is 6.19. The first-order valence-corrected chi connectivity index (χ1v) is 16.4. The van der Waals surface area contributed by atoms with E-state index in [2.05, 4.69) is 114 Å². The van der Waals surface area contributed by atoms with Gasteiger partial charge in [-0.05, 0) is 86.4 Å². The first kappa shape index (κ1) is 24.6. The van der Waals surface area contributed by atoms with Crippen LogP contribution in [0, 0.1) is 5.92 Å². The van der Waals surface area contributed by atoms with Crippen molar-refractivity contribution < 1.29 is 0 Å². The molecule has 40 heavy (non-hydrogen) atoms. The van der Waals surface area contributed by atoms with Crippen LogP contribution in [-0.2, 0) is 4.08 Å². The third-order valence-electron chi connectivity index (χ3n) is 8.87. The van der Waals surface area contributed by atoms with Gasteiger partial charge in [0, 0.05) is 37.4 Å². The second-order valence-electron chi connectivity index (χ2n) is 11.3. The molecule has 4 aliphatic carbocycles. The van der Waals surface area contributed by atoms with Crippen molar-refractivity contribution >= 4 is 52.3 Å². The number of hydrogen-bond donors (Lipinski definition) is 0. The van der Waals surface area contributed by atoms with E-state index in [9.17, 15) is 0 Å². The molecule has 0 saturated carbocycles. The standard InChI is InChI=1S/C37H33NS2/c1-3-11-26(12-4-1)27-19-22-30(23-20-27)38-33-16-8-7-15-31(33)32-25-29(21-24-34(32)38)37(28-13-5-2-6-14-28)39-35-17-9-10-18-36(35)40-37/h1,3,5,9-11,13-19,21-25,27H,2,4,6-8,12,20H2. The lowest BCUT2D eigenvalue weighted by atomic mass is 9.87. The van der Waals surface area contributed by atoms with Gasteiger partial charge >= 0.3 is 0 Å². The van der Waals surface area contributed by atoms with Gasteiger partial charge in [-0.1, -0.05) is 108 Å². The molecule has 1 nitrogen and oxygen atoms in total. The molecule has 0 radical (unpaired) electrons. The van der Waals surface area contributed by atoms with Crippen LogP contribution in [0.5, 0.6) is 0 Å². The van der Waals surface area contributed by atoms with Gasteiger partial charge in [0.05, 0.1) is 5.52 Å². The summed E-state index contributed by atoms with van der Waals surface area (Å²) in [6, 6.07) is 16.3. The fourth-order valence-corrected chi connectivity index (χ4v) is 10.1. The van der Waals surface area contributed by atoms with Gasteiger partial charge in [-0.15, -0.1) is 0 Å². The summed E-state index contributed by atoms with van der Waals surface area (Å²) in [6.07, 6.45) is 34.2. The topological polar surface area (TPSA) is 4.93 Å². The van der Waals surface area contributed by atoms with E-state index in [-0.39, 0.29) is 4.08 Å².